The molecule has 0 N–H and O–H groups in total. The van der Waals surface area contributed by atoms with Gasteiger partial charge < -0.3 is 0 Å². The Bertz CT molecular complexity index is 124. The second kappa shape index (κ2) is 2.42. The highest BCUT2D eigenvalue weighted by Crippen LogP contribution is 2.20. The molecule has 2 unspecified atom stereocenters. The molecule has 0 spiro atoms. The number of alkyl halides is 2. The summed E-state index contributed by atoms with van der Waals surface area (Å²) in [4.78, 5) is 10.4. The largest absolute Gasteiger partial charge is 0.300 e. The Morgan fingerprint density at radius 1 is 1.33 bits per heavy atom. The Hall–Kier alpha value is -0.470. The number of ketones is 1. The van der Waals surface area contributed by atoms with Gasteiger partial charge in [-0.05, 0) is 6.42 Å². The Balaban J connectivity index is 2.44. The zero-order valence-corrected chi connectivity index (χ0v) is 4.94. The van der Waals surface area contributed by atoms with E-state index in [0.717, 1.165) is 0 Å². The minimum Gasteiger partial charge on any atom is -0.300 e. The van der Waals surface area contributed by atoms with Gasteiger partial charge in [-0.3, -0.25) is 4.79 Å². The minimum absolute atomic E-state index is 0.0694. The Labute approximate surface area is 52.1 Å². The maximum absolute atomic E-state index is 12.2. The summed E-state index contributed by atoms with van der Waals surface area (Å²) >= 11 is 0. The van der Waals surface area contributed by atoms with Crippen molar-refractivity contribution >= 4 is 5.78 Å². The zero-order chi connectivity index (χ0) is 6.85. The quantitative estimate of drug-likeness (QED) is 0.489. The number of hydrogen-bond donors (Lipinski definition) is 0. The molecule has 0 amide bonds. The first-order chi connectivity index (χ1) is 4.20. The van der Waals surface area contributed by atoms with E-state index in [-0.39, 0.29) is 25.0 Å². The van der Waals surface area contributed by atoms with E-state index in [1.807, 2.05) is 0 Å². The summed E-state index contributed by atoms with van der Waals surface area (Å²) in [5, 5.41) is 0. The van der Waals surface area contributed by atoms with Crippen molar-refractivity contribution in [2.75, 3.05) is 0 Å². The second-order valence-electron chi connectivity index (χ2n) is 2.31. The molecule has 2 atom stereocenters. The Morgan fingerprint density at radius 3 is 2.44 bits per heavy atom. The van der Waals surface area contributed by atoms with Gasteiger partial charge in [0.1, 0.15) is 18.1 Å². The molecule has 0 saturated heterocycles. The first-order valence-electron chi connectivity index (χ1n) is 3.00. The van der Waals surface area contributed by atoms with Crippen LogP contribution in [0.15, 0.2) is 0 Å². The van der Waals surface area contributed by atoms with Crippen molar-refractivity contribution < 1.29 is 13.6 Å². The van der Waals surface area contributed by atoms with Crippen LogP contribution in [0.4, 0.5) is 8.78 Å². The molecule has 0 aromatic carbocycles. The fourth-order valence-electron chi connectivity index (χ4n) is 0.927. The predicted molar refractivity (Wildman–Crippen MR) is 28.6 cm³/mol. The van der Waals surface area contributed by atoms with E-state index in [9.17, 15) is 13.6 Å². The van der Waals surface area contributed by atoms with E-state index >= 15 is 0 Å². The summed E-state index contributed by atoms with van der Waals surface area (Å²) < 4.78 is 24.5. The normalized spacial score (nSPS) is 36.9. The molecular formula is C6H8F2O. The van der Waals surface area contributed by atoms with E-state index < -0.39 is 12.3 Å². The van der Waals surface area contributed by atoms with Crippen LogP contribution in [0.3, 0.4) is 0 Å². The first kappa shape index (κ1) is 6.65. The van der Waals surface area contributed by atoms with Crippen LogP contribution in [0.25, 0.3) is 0 Å². The van der Waals surface area contributed by atoms with Crippen molar-refractivity contribution in [3.05, 3.63) is 0 Å². The fraction of sp³-hybridized carbons (Fsp3) is 0.833. The van der Waals surface area contributed by atoms with Gasteiger partial charge in [-0.2, -0.15) is 0 Å². The minimum atomic E-state index is -1.54. The van der Waals surface area contributed by atoms with Crippen molar-refractivity contribution in [1.82, 2.24) is 0 Å². The summed E-state index contributed by atoms with van der Waals surface area (Å²) in [6.07, 6.45) is -2.88. The Kier molecular flexibility index (Phi) is 1.78. The van der Waals surface area contributed by atoms with Crippen molar-refractivity contribution in [1.29, 1.82) is 0 Å². The molecular weight excluding hydrogens is 126 g/mol. The van der Waals surface area contributed by atoms with Crippen molar-refractivity contribution in [3.8, 4) is 0 Å². The van der Waals surface area contributed by atoms with E-state index in [2.05, 4.69) is 0 Å². The topological polar surface area (TPSA) is 17.1 Å². The summed E-state index contributed by atoms with van der Waals surface area (Å²) in [6.45, 7) is 0. The standard InChI is InChI=1S/C6H8F2O/c7-5-2-1-4(9)3-6(5)8/h5-6H,1-3H2. The lowest BCUT2D eigenvalue weighted by Gasteiger charge is -2.17. The molecule has 0 aromatic rings. The lowest BCUT2D eigenvalue weighted by atomic mass is 9.96. The third-order valence-electron chi connectivity index (χ3n) is 1.51. The van der Waals surface area contributed by atoms with Crippen molar-refractivity contribution in [2.45, 2.75) is 31.6 Å². The highest BCUT2D eigenvalue weighted by molar-refractivity contribution is 5.79. The maximum atomic E-state index is 12.2. The van der Waals surface area contributed by atoms with E-state index in [1.165, 1.54) is 0 Å². The third kappa shape index (κ3) is 1.47. The van der Waals surface area contributed by atoms with Crippen LogP contribution in [0.5, 0.6) is 0 Å². The van der Waals surface area contributed by atoms with Gasteiger partial charge in [-0.1, -0.05) is 0 Å². The number of Topliss-reactive ketones (excluding diaryl/α,β-unsaturated/α-hetero) is 1. The molecule has 0 heterocycles. The SMILES string of the molecule is O=C1CCC(F)C(F)C1. The van der Waals surface area contributed by atoms with Gasteiger partial charge >= 0.3 is 0 Å². The van der Waals surface area contributed by atoms with Crippen molar-refractivity contribution in [3.63, 3.8) is 0 Å². The van der Waals surface area contributed by atoms with Gasteiger partial charge in [0.05, 0.1) is 0 Å². The molecule has 9 heavy (non-hydrogen) atoms. The molecule has 1 aliphatic carbocycles. The average Bonchev–Trinajstić information content (AvgIpc) is 1.80. The third-order valence-corrected chi connectivity index (χ3v) is 1.51. The van der Waals surface area contributed by atoms with E-state index in [1.54, 1.807) is 0 Å². The molecule has 1 rings (SSSR count). The molecule has 1 fully saturated rings. The fourth-order valence-corrected chi connectivity index (χ4v) is 0.927. The van der Waals surface area contributed by atoms with E-state index in [0.29, 0.717) is 0 Å². The highest BCUT2D eigenvalue weighted by Gasteiger charge is 2.28. The number of carbonyl (C=O) groups excluding carboxylic acids is 1. The van der Waals surface area contributed by atoms with Gasteiger partial charge in [-0.15, -0.1) is 0 Å². The van der Waals surface area contributed by atoms with Crippen LogP contribution >= 0.6 is 0 Å². The van der Waals surface area contributed by atoms with Crippen LogP contribution in [-0.2, 0) is 4.79 Å². The van der Waals surface area contributed by atoms with Gasteiger partial charge in [0.15, 0.2) is 0 Å². The number of halogens is 2. The summed E-state index contributed by atoms with van der Waals surface area (Å²) in [6, 6.07) is 0. The van der Waals surface area contributed by atoms with Crippen LogP contribution in [0.2, 0.25) is 0 Å². The highest BCUT2D eigenvalue weighted by atomic mass is 19.2. The maximum Gasteiger partial charge on any atom is 0.138 e. The predicted octanol–water partition coefficient (Wildman–Crippen LogP) is 1.42. The van der Waals surface area contributed by atoms with Gasteiger partial charge in [0.2, 0.25) is 0 Å². The molecule has 0 bridgehead atoms. The second-order valence-corrected chi connectivity index (χ2v) is 2.31. The van der Waals surface area contributed by atoms with Crippen LogP contribution in [0.1, 0.15) is 19.3 Å². The first-order valence-corrected chi connectivity index (χ1v) is 3.00. The lowest BCUT2D eigenvalue weighted by Crippen LogP contribution is -2.27. The number of hydrogen-bond acceptors (Lipinski definition) is 1. The molecule has 0 radical (unpaired) electrons. The van der Waals surface area contributed by atoms with Gasteiger partial charge in [-0.25, -0.2) is 8.78 Å². The van der Waals surface area contributed by atoms with Crippen LogP contribution in [-0.4, -0.2) is 18.1 Å². The van der Waals surface area contributed by atoms with Gasteiger partial charge in [0, 0.05) is 12.8 Å². The number of rotatable bonds is 0. The monoisotopic (exact) mass is 134 g/mol. The van der Waals surface area contributed by atoms with Crippen molar-refractivity contribution in [2.24, 2.45) is 0 Å². The molecule has 1 nitrogen and oxygen atoms in total. The summed E-state index contributed by atoms with van der Waals surface area (Å²) in [5.74, 6) is -0.156. The molecule has 52 valence electrons. The molecule has 3 heteroatoms. The van der Waals surface area contributed by atoms with Gasteiger partial charge in [0.25, 0.3) is 0 Å². The average molecular weight is 134 g/mol. The summed E-state index contributed by atoms with van der Waals surface area (Å²) in [5.41, 5.74) is 0. The smallest absolute Gasteiger partial charge is 0.138 e. The summed E-state index contributed by atoms with van der Waals surface area (Å²) in [7, 11) is 0. The molecule has 0 aromatic heterocycles. The van der Waals surface area contributed by atoms with Crippen LogP contribution < -0.4 is 0 Å². The molecule has 0 aliphatic heterocycles. The lowest BCUT2D eigenvalue weighted by molar-refractivity contribution is -0.123. The number of carbonyl (C=O) groups is 1. The van der Waals surface area contributed by atoms with Crippen LogP contribution in [0, 0.1) is 0 Å². The molecule has 1 aliphatic rings. The Morgan fingerprint density at radius 2 is 2.00 bits per heavy atom. The molecule has 1 saturated carbocycles. The van der Waals surface area contributed by atoms with E-state index in [4.69, 9.17) is 0 Å². The zero-order valence-electron chi connectivity index (χ0n) is 4.94.